The molecule has 1 N–H and O–H groups in total. The van der Waals surface area contributed by atoms with Crippen LogP contribution in [0.2, 0.25) is 0 Å². The summed E-state index contributed by atoms with van der Waals surface area (Å²) in [4.78, 5) is 15.0. The summed E-state index contributed by atoms with van der Waals surface area (Å²) in [7, 11) is 1.36. The van der Waals surface area contributed by atoms with Crippen LogP contribution in [0.15, 0.2) is 48.5 Å². The van der Waals surface area contributed by atoms with E-state index in [2.05, 4.69) is 44.5 Å². The number of benzene rings is 2. The van der Waals surface area contributed by atoms with E-state index in [1.54, 1.807) is 0 Å². The number of fused-ring (bicyclic) bond motifs is 1. The van der Waals surface area contributed by atoms with Gasteiger partial charge in [-0.15, -0.1) is 0 Å². The topological polar surface area (TPSA) is 46.5 Å². The summed E-state index contributed by atoms with van der Waals surface area (Å²) in [6.45, 7) is 8.90. The maximum absolute atomic E-state index is 11.8. The van der Waals surface area contributed by atoms with E-state index in [1.165, 1.54) is 18.7 Å². The SMILES string of the molecule is COC(=O)/C=C(/C#C[Se]c1cc(O)c2c(c1)C(C)(C)CCC2(C)C)c1ccccc1. The number of rotatable bonds is 3. The van der Waals surface area contributed by atoms with Gasteiger partial charge in [-0.25, -0.2) is 0 Å². The molecule has 0 radical (unpaired) electrons. The van der Waals surface area contributed by atoms with Crippen LogP contribution in [0.3, 0.4) is 0 Å². The summed E-state index contributed by atoms with van der Waals surface area (Å²) in [5, 5.41) is 10.8. The van der Waals surface area contributed by atoms with Gasteiger partial charge in [0.05, 0.1) is 0 Å². The van der Waals surface area contributed by atoms with Gasteiger partial charge in [-0.1, -0.05) is 0 Å². The molecule has 3 rings (SSSR count). The van der Waals surface area contributed by atoms with Crippen LogP contribution < -0.4 is 4.46 Å². The van der Waals surface area contributed by atoms with Crippen molar-refractivity contribution in [1.29, 1.82) is 0 Å². The van der Waals surface area contributed by atoms with Crippen molar-refractivity contribution in [3.8, 4) is 16.5 Å². The predicted octanol–water partition coefficient (Wildman–Crippen LogP) is 4.29. The number of aromatic hydroxyl groups is 1. The zero-order chi connectivity index (χ0) is 21.9. The van der Waals surface area contributed by atoms with Gasteiger partial charge in [-0.2, -0.15) is 0 Å². The molecule has 0 aromatic heterocycles. The molecule has 0 bridgehead atoms. The molecule has 0 fully saturated rings. The summed E-state index contributed by atoms with van der Waals surface area (Å²) in [5.41, 5.74) is 3.81. The van der Waals surface area contributed by atoms with E-state index in [9.17, 15) is 9.90 Å². The first-order valence-corrected chi connectivity index (χ1v) is 11.8. The van der Waals surface area contributed by atoms with E-state index in [0.717, 1.165) is 28.4 Å². The number of phenols is 1. The molecular formula is C26H28O3Se. The van der Waals surface area contributed by atoms with Gasteiger partial charge in [0.25, 0.3) is 0 Å². The van der Waals surface area contributed by atoms with Crippen LogP contribution in [-0.4, -0.2) is 33.1 Å². The van der Waals surface area contributed by atoms with E-state index < -0.39 is 5.97 Å². The molecule has 0 amide bonds. The fourth-order valence-electron chi connectivity index (χ4n) is 3.92. The van der Waals surface area contributed by atoms with Crippen molar-refractivity contribution in [2.45, 2.75) is 51.4 Å². The average Bonchev–Trinajstić information content (AvgIpc) is 2.71. The number of methoxy groups -OCH3 is 1. The van der Waals surface area contributed by atoms with Gasteiger partial charge in [0.15, 0.2) is 0 Å². The molecule has 0 spiro atoms. The monoisotopic (exact) mass is 468 g/mol. The molecule has 3 nitrogen and oxygen atoms in total. The molecule has 30 heavy (non-hydrogen) atoms. The molecular weight excluding hydrogens is 439 g/mol. The number of carbonyl (C=O) groups excluding carboxylic acids is 1. The van der Waals surface area contributed by atoms with Crippen LogP contribution in [0.4, 0.5) is 0 Å². The van der Waals surface area contributed by atoms with E-state index in [0.29, 0.717) is 11.3 Å². The summed E-state index contributed by atoms with van der Waals surface area (Å²) < 4.78 is 5.82. The first-order chi connectivity index (χ1) is 14.1. The Labute approximate surface area is 185 Å². The Bertz CT molecular complexity index is 1040. The minimum absolute atomic E-state index is 0.0296. The zero-order valence-corrected chi connectivity index (χ0v) is 19.9. The summed E-state index contributed by atoms with van der Waals surface area (Å²) >= 11 is -0.159. The number of hydrogen-bond donors (Lipinski definition) is 1. The van der Waals surface area contributed by atoms with Gasteiger partial charge < -0.3 is 0 Å². The third-order valence-electron chi connectivity index (χ3n) is 5.77. The van der Waals surface area contributed by atoms with Gasteiger partial charge in [0.2, 0.25) is 0 Å². The van der Waals surface area contributed by atoms with Gasteiger partial charge in [-0.05, 0) is 0 Å². The fourth-order valence-corrected chi connectivity index (χ4v) is 5.23. The van der Waals surface area contributed by atoms with E-state index >= 15 is 0 Å². The Kier molecular flexibility index (Phi) is 6.46. The molecule has 0 atom stereocenters. The number of hydrogen-bond acceptors (Lipinski definition) is 3. The van der Waals surface area contributed by atoms with Gasteiger partial charge in [0.1, 0.15) is 0 Å². The van der Waals surface area contributed by atoms with Crippen LogP contribution in [0.5, 0.6) is 5.75 Å². The number of phenolic OH excluding ortho intramolecular Hbond substituents is 1. The van der Waals surface area contributed by atoms with Crippen LogP contribution in [-0.2, 0) is 20.4 Å². The Morgan fingerprint density at radius 3 is 2.43 bits per heavy atom. The standard InChI is InChI=1S/C26H28O3Se/c1-25(2)12-13-26(3,4)24-21(25)16-20(17-22(24)27)30-14-11-19(15-23(28)29-5)18-9-7-6-8-10-18/h6-10,15-17,27H,12-13H2,1-5H3/b19-15-. The number of allylic oxidation sites excluding steroid dienone is 1. The molecule has 0 aliphatic heterocycles. The maximum atomic E-state index is 11.8. The van der Waals surface area contributed by atoms with Crippen molar-refractivity contribution in [2.24, 2.45) is 0 Å². The summed E-state index contributed by atoms with van der Waals surface area (Å²) in [5.74, 6) is 3.09. The predicted molar refractivity (Wildman–Crippen MR) is 123 cm³/mol. The normalized spacial score (nSPS) is 16.8. The van der Waals surface area contributed by atoms with Gasteiger partial charge >= 0.3 is 186 Å². The van der Waals surface area contributed by atoms with Crippen molar-refractivity contribution in [2.75, 3.05) is 7.11 Å². The molecule has 0 saturated heterocycles. The molecule has 2 aromatic rings. The molecule has 1 aliphatic carbocycles. The van der Waals surface area contributed by atoms with Crippen molar-refractivity contribution >= 4 is 31.0 Å². The van der Waals surface area contributed by atoms with Crippen LogP contribution in [0.25, 0.3) is 5.57 Å². The third-order valence-corrected chi connectivity index (χ3v) is 7.19. The molecule has 0 unspecified atom stereocenters. The van der Waals surface area contributed by atoms with Crippen molar-refractivity contribution in [1.82, 2.24) is 0 Å². The van der Waals surface area contributed by atoms with Crippen LogP contribution >= 0.6 is 0 Å². The molecule has 4 heteroatoms. The van der Waals surface area contributed by atoms with E-state index in [-0.39, 0.29) is 25.8 Å². The first kappa shape index (κ1) is 22.2. The summed E-state index contributed by atoms with van der Waals surface area (Å²) in [6, 6.07) is 13.7. The van der Waals surface area contributed by atoms with Gasteiger partial charge in [0, 0.05) is 0 Å². The number of esters is 1. The van der Waals surface area contributed by atoms with E-state index in [4.69, 9.17) is 4.74 Å². The Hall–Kier alpha value is -2.47. The average molecular weight is 467 g/mol. The molecule has 0 saturated carbocycles. The first-order valence-electron chi connectivity index (χ1n) is 10.0. The van der Waals surface area contributed by atoms with Gasteiger partial charge in [-0.3, -0.25) is 0 Å². The summed E-state index contributed by atoms with van der Waals surface area (Å²) in [6.07, 6.45) is 3.58. The van der Waals surface area contributed by atoms with Crippen molar-refractivity contribution in [3.63, 3.8) is 0 Å². The Morgan fingerprint density at radius 1 is 1.10 bits per heavy atom. The van der Waals surface area contributed by atoms with Crippen LogP contribution in [0.1, 0.15) is 57.2 Å². The quantitative estimate of drug-likeness (QED) is 0.317. The molecule has 156 valence electrons. The molecule has 1 aliphatic rings. The van der Waals surface area contributed by atoms with Crippen molar-refractivity contribution in [3.05, 3.63) is 65.2 Å². The third kappa shape index (κ3) is 4.81. The minimum atomic E-state index is -0.425. The second-order valence-corrected chi connectivity index (χ2v) is 10.8. The Morgan fingerprint density at radius 2 is 1.77 bits per heavy atom. The number of carbonyl (C=O) groups is 1. The second-order valence-electron chi connectivity index (χ2n) is 8.91. The number of ether oxygens (including phenoxy) is 1. The zero-order valence-electron chi connectivity index (χ0n) is 18.2. The fraction of sp³-hybridized carbons (Fsp3) is 0.346. The Balaban J connectivity index is 1.95. The van der Waals surface area contributed by atoms with Crippen LogP contribution in [0, 0.1) is 10.7 Å². The van der Waals surface area contributed by atoms with Crippen molar-refractivity contribution < 1.29 is 14.6 Å². The van der Waals surface area contributed by atoms with E-state index in [1.807, 2.05) is 36.4 Å². The second kappa shape index (κ2) is 8.72. The molecule has 0 heterocycles. The molecule has 2 aromatic carbocycles.